The average Bonchev–Trinajstić information content (AvgIpc) is 2.31. The summed E-state index contributed by atoms with van der Waals surface area (Å²) in [4.78, 5) is 11.3. The highest BCUT2D eigenvalue weighted by Crippen LogP contribution is 2.26. The van der Waals surface area contributed by atoms with Gasteiger partial charge in [0, 0.05) is 0 Å². The monoisotopic (exact) mass is 345 g/mol. The van der Waals surface area contributed by atoms with Crippen molar-refractivity contribution in [2.45, 2.75) is 13.3 Å². The molecule has 0 aliphatic carbocycles. The summed E-state index contributed by atoms with van der Waals surface area (Å²) >= 11 is 2.04. The Labute approximate surface area is 114 Å². The van der Waals surface area contributed by atoms with E-state index in [2.05, 4.69) is 6.07 Å². The number of hydrogen-bond acceptors (Lipinski definition) is 4. The smallest absolute Gasteiger partial charge is 0.310 e. The van der Waals surface area contributed by atoms with Gasteiger partial charge in [0.15, 0.2) is 0 Å². The number of methoxy groups -OCH3 is 1. The highest BCUT2D eigenvalue weighted by atomic mass is 127. The van der Waals surface area contributed by atoms with E-state index in [1.807, 2.05) is 22.6 Å². The molecule has 0 unspecified atom stereocenters. The molecule has 1 rings (SSSR count). The van der Waals surface area contributed by atoms with Crippen LogP contribution in [0, 0.1) is 14.9 Å². The Balaban J connectivity index is 3.02. The number of hydrogen-bond donors (Lipinski definition) is 0. The van der Waals surface area contributed by atoms with Crippen molar-refractivity contribution in [3.63, 3.8) is 0 Å². The van der Waals surface area contributed by atoms with E-state index in [0.29, 0.717) is 17.9 Å². The number of ether oxygens (including phenoxy) is 2. The molecule has 0 aliphatic heterocycles. The molecular formula is C12H12INO3. The molecule has 0 saturated carbocycles. The summed E-state index contributed by atoms with van der Waals surface area (Å²) < 4.78 is 10.8. The largest absolute Gasteiger partial charge is 0.496 e. The van der Waals surface area contributed by atoms with E-state index in [-0.39, 0.29) is 12.4 Å². The lowest BCUT2D eigenvalue weighted by atomic mass is 10.1. The zero-order chi connectivity index (χ0) is 12.8. The molecule has 90 valence electrons. The summed E-state index contributed by atoms with van der Waals surface area (Å²) in [5.74, 6) is 0.295. The number of nitrogens with zero attached hydrogens (tertiary/aromatic N) is 1. The normalized spacial score (nSPS) is 9.53. The number of benzene rings is 1. The van der Waals surface area contributed by atoms with E-state index in [4.69, 9.17) is 14.7 Å². The predicted octanol–water partition coefficient (Wildman–Crippen LogP) is 2.28. The van der Waals surface area contributed by atoms with Crippen LogP contribution < -0.4 is 4.74 Å². The lowest BCUT2D eigenvalue weighted by Crippen LogP contribution is -2.08. The van der Waals surface area contributed by atoms with Gasteiger partial charge in [0.25, 0.3) is 0 Å². The van der Waals surface area contributed by atoms with Crippen LogP contribution in [0.2, 0.25) is 0 Å². The summed E-state index contributed by atoms with van der Waals surface area (Å²) in [7, 11) is 1.53. The Kier molecular flexibility index (Phi) is 5.22. The predicted molar refractivity (Wildman–Crippen MR) is 70.8 cm³/mol. The van der Waals surface area contributed by atoms with Gasteiger partial charge in [-0.05, 0) is 47.2 Å². The molecule has 0 fully saturated rings. The standard InChI is InChI=1S/C12H12INO3/c1-3-17-11(15)6-8-4-9(7-14)12(13)10(5-8)16-2/h4-5H,3,6H2,1-2H3. The Hall–Kier alpha value is -1.29. The fourth-order valence-corrected chi connectivity index (χ4v) is 2.02. The second-order valence-corrected chi connectivity index (χ2v) is 4.33. The molecular weight excluding hydrogens is 333 g/mol. The SMILES string of the molecule is CCOC(=O)Cc1cc(C#N)c(I)c(OC)c1. The van der Waals surface area contributed by atoms with Crippen LogP contribution in [0.5, 0.6) is 5.75 Å². The van der Waals surface area contributed by atoms with Crippen molar-refractivity contribution in [3.8, 4) is 11.8 Å². The number of halogens is 1. The fraction of sp³-hybridized carbons (Fsp3) is 0.333. The maximum absolute atomic E-state index is 11.3. The number of esters is 1. The molecule has 1 aromatic carbocycles. The second-order valence-electron chi connectivity index (χ2n) is 3.25. The van der Waals surface area contributed by atoms with Crippen LogP contribution >= 0.6 is 22.6 Å². The van der Waals surface area contributed by atoms with Crippen LogP contribution in [-0.4, -0.2) is 19.7 Å². The minimum Gasteiger partial charge on any atom is -0.496 e. The van der Waals surface area contributed by atoms with Crippen molar-refractivity contribution < 1.29 is 14.3 Å². The maximum Gasteiger partial charge on any atom is 0.310 e. The Morgan fingerprint density at radius 2 is 2.24 bits per heavy atom. The highest BCUT2D eigenvalue weighted by Gasteiger charge is 2.11. The Morgan fingerprint density at radius 1 is 1.53 bits per heavy atom. The van der Waals surface area contributed by atoms with Gasteiger partial charge in [-0.25, -0.2) is 0 Å². The van der Waals surface area contributed by atoms with Crippen LogP contribution in [0.3, 0.4) is 0 Å². The summed E-state index contributed by atoms with van der Waals surface area (Å²) in [6.45, 7) is 2.11. The maximum atomic E-state index is 11.3. The van der Waals surface area contributed by atoms with Gasteiger partial charge in [-0.15, -0.1) is 0 Å². The van der Waals surface area contributed by atoms with Crippen LogP contribution in [0.25, 0.3) is 0 Å². The van der Waals surface area contributed by atoms with E-state index in [9.17, 15) is 4.79 Å². The zero-order valence-electron chi connectivity index (χ0n) is 9.62. The summed E-state index contributed by atoms with van der Waals surface area (Å²) in [6.07, 6.45) is 0.149. The third-order valence-electron chi connectivity index (χ3n) is 2.09. The first-order valence-electron chi connectivity index (χ1n) is 5.04. The molecule has 0 heterocycles. The average molecular weight is 345 g/mol. The van der Waals surface area contributed by atoms with Crippen molar-refractivity contribution in [3.05, 3.63) is 26.8 Å². The quantitative estimate of drug-likeness (QED) is 0.621. The molecule has 1 aromatic rings. The number of carbonyl (C=O) groups excluding carboxylic acids is 1. The van der Waals surface area contributed by atoms with Crippen molar-refractivity contribution in [1.29, 1.82) is 5.26 Å². The molecule has 0 aliphatic rings. The zero-order valence-corrected chi connectivity index (χ0v) is 11.8. The van der Waals surface area contributed by atoms with Crippen LogP contribution in [0.15, 0.2) is 12.1 Å². The van der Waals surface area contributed by atoms with Gasteiger partial charge in [-0.2, -0.15) is 5.26 Å². The Morgan fingerprint density at radius 3 is 2.76 bits per heavy atom. The van der Waals surface area contributed by atoms with Crippen molar-refractivity contribution in [1.82, 2.24) is 0 Å². The fourth-order valence-electron chi connectivity index (χ4n) is 1.37. The molecule has 0 saturated heterocycles. The number of rotatable bonds is 4. The minimum absolute atomic E-state index is 0.149. The van der Waals surface area contributed by atoms with E-state index in [1.54, 1.807) is 19.1 Å². The summed E-state index contributed by atoms with van der Waals surface area (Å²) in [5.41, 5.74) is 1.22. The molecule has 0 spiro atoms. The molecule has 0 N–H and O–H groups in total. The first kappa shape index (κ1) is 13.8. The minimum atomic E-state index is -0.306. The number of nitriles is 1. The topological polar surface area (TPSA) is 59.3 Å². The lowest BCUT2D eigenvalue weighted by Gasteiger charge is -2.08. The van der Waals surface area contributed by atoms with Crippen molar-refractivity contribution >= 4 is 28.6 Å². The third-order valence-corrected chi connectivity index (χ3v) is 3.21. The second kappa shape index (κ2) is 6.45. The van der Waals surface area contributed by atoms with Gasteiger partial charge < -0.3 is 9.47 Å². The van der Waals surface area contributed by atoms with Crippen LogP contribution in [0.4, 0.5) is 0 Å². The van der Waals surface area contributed by atoms with Gasteiger partial charge in [0.2, 0.25) is 0 Å². The molecule has 0 radical (unpaired) electrons. The molecule has 17 heavy (non-hydrogen) atoms. The van der Waals surface area contributed by atoms with Crippen molar-refractivity contribution in [2.75, 3.05) is 13.7 Å². The van der Waals surface area contributed by atoms with E-state index in [0.717, 1.165) is 9.13 Å². The van der Waals surface area contributed by atoms with Crippen LogP contribution in [-0.2, 0) is 16.0 Å². The molecule has 0 atom stereocenters. The van der Waals surface area contributed by atoms with Gasteiger partial charge in [0.05, 0.1) is 29.3 Å². The van der Waals surface area contributed by atoms with Crippen LogP contribution in [0.1, 0.15) is 18.1 Å². The molecule has 4 nitrogen and oxygen atoms in total. The highest BCUT2D eigenvalue weighted by molar-refractivity contribution is 14.1. The molecule has 0 amide bonds. The van der Waals surface area contributed by atoms with Gasteiger partial charge in [-0.1, -0.05) is 0 Å². The van der Waals surface area contributed by atoms with Gasteiger partial charge >= 0.3 is 5.97 Å². The first-order chi connectivity index (χ1) is 8.12. The van der Waals surface area contributed by atoms with Gasteiger partial charge in [0.1, 0.15) is 11.8 Å². The van der Waals surface area contributed by atoms with Gasteiger partial charge in [-0.3, -0.25) is 4.79 Å². The molecule has 0 bridgehead atoms. The van der Waals surface area contributed by atoms with E-state index < -0.39 is 0 Å². The molecule has 0 aromatic heterocycles. The summed E-state index contributed by atoms with van der Waals surface area (Å²) in [6, 6.07) is 5.51. The first-order valence-corrected chi connectivity index (χ1v) is 6.12. The lowest BCUT2D eigenvalue weighted by molar-refractivity contribution is -0.142. The Bertz CT molecular complexity index is 466. The van der Waals surface area contributed by atoms with E-state index in [1.165, 1.54) is 7.11 Å². The summed E-state index contributed by atoms with van der Waals surface area (Å²) in [5, 5.41) is 8.97. The number of carbonyl (C=O) groups is 1. The van der Waals surface area contributed by atoms with Crippen molar-refractivity contribution in [2.24, 2.45) is 0 Å². The molecule has 5 heteroatoms. The third kappa shape index (κ3) is 3.60. The van der Waals surface area contributed by atoms with E-state index >= 15 is 0 Å².